The summed E-state index contributed by atoms with van der Waals surface area (Å²) in [6.45, 7) is 5.29. The number of morpholine rings is 1. The van der Waals surface area contributed by atoms with Crippen molar-refractivity contribution < 1.29 is 13.2 Å². The van der Waals surface area contributed by atoms with E-state index in [0.29, 0.717) is 29.4 Å². The zero-order chi connectivity index (χ0) is 13.6. The summed E-state index contributed by atoms with van der Waals surface area (Å²) >= 11 is 0. The topological polar surface area (TPSA) is 59.0 Å². The number of rotatable bonds is 0. The summed E-state index contributed by atoms with van der Waals surface area (Å²) in [5.41, 5.74) is 0.698. The second-order valence-electron chi connectivity index (χ2n) is 5.05. The Labute approximate surface area is 113 Å². The van der Waals surface area contributed by atoms with Crippen molar-refractivity contribution in [3.8, 4) is 0 Å². The van der Waals surface area contributed by atoms with Gasteiger partial charge in [-0.05, 0) is 26.0 Å². The van der Waals surface area contributed by atoms with Gasteiger partial charge in [-0.15, -0.1) is 4.40 Å². The van der Waals surface area contributed by atoms with E-state index in [0.717, 1.165) is 0 Å². The van der Waals surface area contributed by atoms with Gasteiger partial charge in [0.15, 0.2) is 5.84 Å². The predicted molar refractivity (Wildman–Crippen MR) is 71.7 cm³/mol. The lowest BCUT2D eigenvalue weighted by Crippen LogP contribution is -2.48. The minimum absolute atomic E-state index is 0.0712. The van der Waals surface area contributed by atoms with Crippen LogP contribution in [0.4, 0.5) is 0 Å². The number of nitrogens with zero attached hydrogens (tertiary/aromatic N) is 2. The van der Waals surface area contributed by atoms with Gasteiger partial charge in [0.2, 0.25) is 0 Å². The maximum atomic E-state index is 12.0. The van der Waals surface area contributed by atoms with Gasteiger partial charge in [0.05, 0.1) is 12.2 Å². The monoisotopic (exact) mass is 280 g/mol. The Kier molecular flexibility index (Phi) is 2.87. The molecule has 0 N–H and O–H groups in total. The Morgan fingerprint density at radius 2 is 1.84 bits per heavy atom. The SMILES string of the molecule is C[C@@H]1CN(C2=NS(=O)(=O)c3ccccc32)C[C@H](C)O1. The van der Waals surface area contributed by atoms with Gasteiger partial charge in [-0.2, -0.15) is 8.42 Å². The molecule has 2 aliphatic rings. The van der Waals surface area contributed by atoms with Crippen LogP contribution in [0.5, 0.6) is 0 Å². The van der Waals surface area contributed by atoms with Crippen molar-refractivity contribution in [2.45, 2.75) is 31.0 Å². The molecule has 0 aliphatic carbocycles. The summed E-state index contributed by atoms with van der Waals surface area (Å²) < 4.78 is 33.7. The molecule has 6 heteroatoms. The summed E-state index contributed by atoms with van der Waals surface area (Å²) in [5.74, 6) is 0.553. The van der Waals surface area contributed by atoms with Crippen LogP contribution in [0.15, 0.2) is 33.6 Å². The predicted octanol–water partition coefficient (Wildman–Crippen LogP) is 1.24. The first-order chi connectivity index (χ1) is 8.97. The Balaban J connectivity index is 2.03. The van der Waals surface area contributed by atoms with E-state index in [4.69, 9.17) is 4.74 Å². The molecule has 0 unspecified atom stereocenters. The van der Waals surface area contributed by atoms with Crippen LogP contribution >= 0.6 is 0 Å². The maximum absolute atomic E-state index is 12.0. The first-order valence-corrected chi connectivity index (χ1v) is 7.76. The molecular formula is C13H16N2O3S. The number of ether oxygens (including phenoxy) is 1. The van der Waals surface area contributed by atoms with Crippen LogP contribution in [0, 0.1) is 0 Å². The maximum Gasteiger partial charge on any atom is 0.285 e. The molecule has 2 atom stereocenters. The van der Waals surface area contributed by atoms with Crippen LogP contribution in [0.2, 0.25) is 0 Å². The van der Waals surface area contributed by atoms with E-state index in [1.54, 1.807) is 12.1 Å². The molecule has 0 radical (unpaired) electrons. The van der Waals surface area contributed by atoms with Gasteiger partial charge in [-0.1, -0.05) is 12.1 Å². The molecule has 1 aromatic carbocycles. The number of hydrogen-bond acceptors (Lipinski definition) is 4. The molecule has 0 bridgehead atoms. The Hall–Kier alpha value is -1.40. The van der Waals surface area contributed by atoms with Gasteiger partial charge in [-0.3, -0.25) is 0 Å². The largest absolute Gasteiger partial charge is 0.372 e. The molecular weight excluding hydrogens is 264 g/mol. The standard InChI is InChI=1S/C13H16N2O3S/c1-9-7-15(8-10(2)18-9)13-11-5-3-4-6-12(11)19(16,17)14-13/h3-6,9-10H,7-8H2,1-2H3/t9-,10+. The van der Waals surface area contributed by atoms with Gasteiger partial charge >= 0.3 is 0 Å². The number of hydrogen-bond donors (Lipinski definition) is 0. The van der Waals surface area contributed by atoms with Gasteiger partial charge in [0.1, 0.15) is 4.90 Å². The minimum Gasteiger partial charge on any atom is -0.372 e. The van der Waals surface area contributed by atoms with Gasteiger partial charge in [-0.25, -0.2) is 0 Å². The van der Waals surface area contributed by atoms with Crippen molar-refractivity contribution in [3.05, 3.63) is 29.8 Å². The van der Waals surface area contributed by atoms with Crippen molar-refractivity contribution in [1.29, 1.82) is 0 Å². The second-order valence-corrected chi connectivity index (χ2v) is 6.62. The lowest BCUT2D eigenvalue weighted by molar-refractivity contribution is -0.0478. The molecule has 5 nitrogen and oxygen atoms in total. The van der Waals surface area contributed by atoms with E-state index in [9.17, 15) is 8.42 Å². The van der Waals surface area contributed by atoms with Crippen molar-refractivity contribution >= 4 is 15.9 Å². The summed E-state index contributed by atoms with van der Waals surface area (Å²) in [4.78, 5) is 2.30. The highest BCUT2D eigenvalue weighted by Gasteiger charge is 2.34. The first-order valence-electron chi connectivity index (χ1n) is 6.32. The van der Waals surface area contributed by atoms with Crippen LogP contribution in [0.3, 0.4) is 0 Å². The van der Waals surface area contributed by atoms with Gasteiger partial charge in [0.25, 0.3) is 10.0 Å². The Morgan fingerprint density at radius 1 is 1.21 bits per heavy atom. The lowest BCUT2D eigenvalue weighted by atomic mass is 10.1. The third-order valence-corrected chi connectivity index (χ3v) is 4.66. The third kappa shape index (κ3) is 2.15. The molecule has 1 aromatic rings. The normalized spacial score (nSPS) is 28.9. The quantitative estimate of drug-likeness (QED) is 0.717. The minimum atomic E-state index is -3.53. The van der Waals surface area contributed by atoms with E-state index in [2.05, 4.69) is 4.40 Å². The lowest BCUT2D eigenvalue weighted by Gasteiger charge is -2.36. The van der Waals surface area contributed by atoms with Crippen LogP contribution in [0.1, 0.15) is 19.4 Å². The van der Waals surface area contributed by atoms with E-state index in [1.165, 1.54) is 0 Å². The molecule has 2 heterocycles. The molecule has 2 aliphatic heterocycles. The Bertz CT molecular complexity index is 629. The van der Waals surface area contributed by atoms with Crippen LogP contribution in [-0.2, 0) is 14.8 Å². The number of fused-ring (bicyclic) bond motifs is 1. The fourth-order valence-corrected chi connectivity index (χ4v) is 3.90. The highest BCUT2D eigenvalue weighted by molar-refractivity contribution is 7.90. The summed E-state index contributed by atoms with van der Waals surface area (Å²) in [7, 11) is -3.53. The van der Waals surface area contributed by atoms with Crippen molar-refractivity contribution in [1.82, 2.24) is 4.90 Å². The molecule has 0 amide bonds. The molecule has 102 valence electrons. The fourth-order valence-electron chi connectivity index (χ4n) is 2.67. The number of benzene rings is 1. The van der Waals surface area contributed by atoms with Gasteiger partial charge < -0.3 is 9.64 Å². The van der Waals surface area contributed by atoms with Crippen LogP contribution in [-0.4, -0.2) is 44.5 Å². The van der Waals surface area contributed by atoms with Gasteiger partial charge in [0, 0.05) is 18.7 Å². The van der Waals surface area contributed by atoms with E-state index >= 15 is 0 Å². The Morgan fingerprint density at radius 3 is 2.53 bits per heavy atom. The van der Waals surface area contributed by atoms with Crippen molar-refractivity contribution in [2.75, 3.05) is 13.1 Å². The summed E-state index contributed by atoms with van der Waals surface area (Å²) in [6, 6.07) is 6.97. The average Bonchev–Trinajstić information content (AvgIpc) is 2.61. The molecule has 1 saturated heterocycles. The number of sulfonamides is 1. The smallest absolute Gasteiger partial charge is 0.285 e. The summed E-state index contributed by atoms with van der Waals surface area (Å²) in [6.07, 6.45) is 0.142. The van der Waals surface area contributed by atoms with E-state index < -0.39 is 10.0 Å². The second kappa shape index (κ2) is 4.31. The zero-order valence-electron chi connectivity index (χ0n) is 10.9. The average molecular weight is 280 g/mol. The fraction of sp³-hybridized carbons (Fsp3) is 0.462. The molecule has 1 fully saturated rings. The highest BCUT2D eigenvalue weighted by Crippen LogP contribution is 2.28. The molecule has 0 aromatic heterocycles. The van der Waals surface area contributed by atoms with E-state index in [1.807, 2.05) is 30.9 Å². The molecule has 0 saturated carbocycles. The van der Waals surface area contributed by atoms with Crippen molar-refractivity contribution in [3.63, 3.8) is 0 Å². The summed E-state index contributed by atoms with van der Waals surface area (Å²) in [5, 5.41) is 0. The highest BCUT2D eigenvalue weighted by atomic mass is 32.2. The molecule has 3 rings (SSSR count). The van der Waals surface area contributed by atoms with Crippen LogP contribution < -0.4 is 0 Å². The first kappa shape index (κ1) is 12.6. The number of amidine groups is 1. The third-order valence-electron chi connectivity index (χ3n) is 3.33. The molecule has 19 heavy (non-hydrogen) atoms. The van der Waals surface area contributed by atoms with Crippen molar-refractivity contribution in [2.24, 2.45) is 4.40 Å². The van der Waals surface area contributed by atoms with Crippen LogP contribution in [0.25, 0.3) is 0 Å². The zero-order valence-corrected chi connectivity index (χ0v) is 11.7. The van der Waals surface area contributed by atoms with E-state index in [-0.39, 0.29) is 12.2 Å². The molecule has 0 spiro atoms.